The normalized spacial score (nSPS) is 14.7. The third-order valence-corrected chi connectivity index (χ3v) is 5.70. The van der Waals surface area contributed by atoms with Crippen LogP contribution < -0.4 is 10.2 Å². The summed E-state index contributed by atoms with van der Waals surface area (Å²) in [7, 11) is 0. The fraction of sp³-hybridized carbons (Fsp3) is 0.300. The second-order valence-electron chi connectivity index (χ2n) is 6.47. The lowest BCUT2D eigenvalue weighted by atomic mass is 10.1. The minimum atomic E-state index is -0.0611. The molecule has 4 rings (SSSR count). The van der Waals surface area contributed by atoms with E-state index in [2.05, 4.69) is 21.3 Å². The number of carbonyl (C=O) groups excluding carboxylic acids is 1. The van der Waals surface area contributed by atoms with Crippen molar-refractivity contribution >= 4 is 39.4 Å². The first-order valence-electron chi connectivity index (χ1n) is 8.72. The van der Waals surface area contributed by atoms with Gasteiger partial charge < -0.3 is 10.2 Å². The smallest absolute Gasteiger partial charge is 0.265 e. The van der Waals surface area contributed by atoms with Crippen LogP contribution in [0.15, 0.2) is 42.7 Å². The second kappa shape index (κ2) is 6.84. The number of anilines is 2. The van der Waals surface area contributed by atoms with Gasteiger partial charge in [0.15, 0.2) is 0 Å². The zero-order chi connectivity index (χ0) is 17.2. The van der Waals surface area contributed by atoms with Gasteiger partial charge in [-0.3, -0.25) is 9.78 Å². The fourth-order valence-electron chi connectivity index (χ4n) is 3.43. The summed E-state index contributed by atoms with van der Waals surface area (Å²) in [4.78, 5) is 21.1. The van der Waals surface area contributed by atoms with Crippen LogP contribution in [0.4, 0.5) is 11.4 Å². The van der Waals surface area contributed by atoms with Gasteiger partial charge in [-0.2, -0.15) is 0 Å². The van der Waals surface area contributed by atoms with Crippen molar-refractivity contribution in [1.82, 2.24) is 4.98 Å². The third-order valence-electron chi connectivity index (χ3n) is 4.70. The Morgan fingerprint density at radius 2 is 1.92 bits per heavy atom. The third kappa shape index (κ3) is 3.24. The monoisotopic (exact) mass is 351 g/mol. The van der Waals surface area contributed by atoms with E-state index in [1.807, 2.05) is 43.6 Å². The van der Waals surface area contributed by atoms with E-state index in [1.54, 1.807) is 0 Å². The summed E-state index contributed by atoms with van der Waals surface area (Å²) >= 11 is 1.51. The number of fused-ring (bicyclic) bond motifs is 1. The van der Waals surface area contributed by atoms with Crippen LogP contribution in [0.2, 0.25) is 0 Å². The van der Waals surface area contributed by atoms with Crippen molar-refractivity contribution in [3.63, 3.8) is 0 Å². The van der Waals surface area contributed by atoms with Gasteiger partial charge in [0.1, 0.15) is 0 Å². The van der Waals surface area contributed by atoms with Crippen LogP contribution in [0.5, 0.6) is 0 Å². The minimum absolute atomic E-state index is 0.0611. The highest BCUT2D eigenvalue weighted by Gasteiger charge is 2.16. The van der Waals surface area contributed by atoms with Crippen molar-refractivity contribution in [2.24, 2.45) is 0 Å². The molecule has 25 heavy (non-hydrogen) atoms. The highest BCUT2D eigenvalue weighted by molar-refractivity contribution is 7.14. The first-order chi connectivity index (χ1) is 12.2. The number of nitrogens with zero attached hydrogens (tertiary/aromatic N) is 2. The molecule has 0 unspecified atom stereocenters. The van der Waals surface area contributed by atoms with Gasteiger partial charge in [0.05, 0.1) is 10.6 Å². The Morgan fingerprint density at radius 1 is 1.08 bits per heavy atom. The number of benzene rings is 1. The van der Waals surface area contributed by atoms with E-state index in [-0.39, 0.29) is 5.91 Å². The lowest BCUT2D eigenvalue weighted by Crippen LogP contribution is -2.29. The van der Waals surface area contributed by atoms with Crippen LogP contribution in [0, 0.1) is 6.92 Å². The molecule has 0 spiro atoms. The predicted molar refractivity (Wildman–Crippen MR) is 105 cm³/mol. The first-order valence-corrected chi connectivity index (χ1v) is 9.53. The van der Waals surface area contributed by atoms with Gasteiger partial charge >= 0.3 is 0 Å². The summed E-state index contributed by atoms with van der Waals surface area (Å²) < 4.78 is 0. The number of carbonyl (C=O) groups is 1. The summed E-state index contributed by atoms with van der Waals surface area (Å²) in [6.45, 7) is 4.20. The van der Waals surface area contributed by atoms with Gasteiger partial charge in [-0.05, 0) is 56.5 Å². The standard InChI is InChI=1S/C20H21N3OS/c1-14-5-8-19(25-14)20(24)22-17-6-7-18(23-11-3-2-4-12-23)15-9-10-21-13-16(15)17/h5-10,13H,2-4,11-12H2,1H3,(H,22,24). The number of aromatic nitrogens is 1. The maximum absolute atomic E-state index is 12.5. The van der Waals surface area contributed by atoms with E-state index in [0.717, 1.165) is 39.3 Å². The molecule has 1 aromatic carbocycles. The minimum Gasteiger partial charge on any atom is -0.371 e. The maximum atomic E-state index is 12.5. The van der Waals surface area contributed by atoms with Gasteiger partial charge in [-0.15, -0.1) is 11.3 Å². The molecule has 0 bridgehead atoms. The number of rotatable bonds is 3. The molecule has 0 aliphatic carbocycles. The molecule has 4 nitrogen and oxygen atoms in total. The van der Waals surface area contributed by atoms with E-state index in [0.29, 0.717) is 0 Å². The predicted octanol–water partition coefficient (Wildman–Crippen LogP) is 4.85. The van der Waals surface area contributed by atoms with Crippen LogP contribution in [-0.2, 0) is 0 Å². The molecule has 5 heteroatoms. The van der Waals surface area contributed by atoms with Gasteiger partial charge in [0.2, 0.25) is 0 Å². The molecule has 3 aromatic rings. The summed E-state index contributed by atoms with van der Waals surface area (Å²) in [6.07, 6.45) is 7.46. The SMILES string of the molecule is Cc1ccc(C(=O)Nc2ccc(N3CCCCC3)c3ccncc23)s1. The second-order valence-corrected chi connectivity index (χ2v) is 7.75. The Morgan fingerprint density at radius 3 is 2.68 bits per heavy atom. The Balaban J connectivity index is 1.69. The van der Waals surface area contributed by atoms with E-state index in [9.17, 15) is 4.79 Å². The van der Waals surface area contributed by atoms with Crippen molar-refractivity contribution in [1.29, 1.82) is 0 Å². The molecule has 1 N–H and O–H groups in total. The fourth-order valence-corrected chi connectivity index (χ4v) is 4.20. The summed E-state index contributed by atoms with van der Waals surface area (Å²) in [5.74, 6) is -0.0611. The zero-order valence-electron chi connectivity index (χ0n) is 14.3. The quantitative estimate of drug-likeness (QED) is 0.734. The Bertz CT molecular complexity index is 912. The van der Waals surface area contributed by atoms with Crippen LogP contribution in [0.25, 0.3) is 10.8 Å². The molecule has 0 saturated carbocycles. The lowest BCUT2D eigenvalue weighted by Gasteiger charge is -2.30. The molecule has 1 fully saturated rings. The molecule has 1 aliphatic rings. The van der Waals surface area contributed by atoms with Crippen molar-refractivity contribution in [2.45, 2.75) is 26.2 Å². The van der Waals surface area contributed by atoms with Crippen molar-refractivity contribution in [3.05, 3.63) is 52.5 Å². The van der Waals surface area contributed by atoms with E-state index < -0.39 is 0 Å². The highest BCUT2D eigenvalue weighted by atomic mass is 32.1. The highest BCUT2D eigenvalue weighted by Crippen LogP contribution is 2.33. The molecule has 0 radical (unpaired) electrons. The average molecular weight is 351 g/mol. The van der Waals surface area contributed by atoms with E-state index in [4.69, 9.17) is 0 Å². The molecule has 3 heterocycles. The van der Waals surface area contributed by atoms with E-state index in [1.165, 1.54) is 36.3 Å². The number of thiophene rings is 1. The van der Waals surface area contributed by atoms with Gasteiger partial charge in [-0.1, -0.05) is 0 Å². The van der Waals surface area contributed by atoms with Crippen LogP contribution in [0.1, 0.15) is 33.8 Å². The number of nitrogens with one attached hydrogen (secondary N) is 1. The van der Waals surface area contributed by atoms with Crippen molar-refractivity contribution in [3.8, 4) is 0 Å². The van der Waals surface area contributed by atoms with Crippen LogP contribution in [-0.4, -0.2) is 24.0 Å². The Labute approximate surface area is 151 Å². The molecule has 1 saturated heterocycles. The van der Waals surface area contributed by atoms with Crippen molar-refractivity contribution < 1.29 is 4.79 Å². The average Bonchev–Trinajstić information content (AvgIpc) is 3.09. The zero-order valence-corrected chi connectivity index (χ0v) is 15.1. The first kappa shape index (κ1) is 16.1. The molecular formula is C20H21N3OS. The van der Waals surface area contributed by atoms with Gasteiger partial charge in [0.25, 0.3) is 5.91 Å². The van der Waals surface area contributed by atoms with Crippen molar-refractivity contribution in [2.75, 3.05) is 23.3 Å². The number of aryl methyl sites for hydroxylation is 1. The summed E-state index contributed by atoms with van der Waals surface area (Å²) in [5, 5.41) is 5.20. The molecule has 128 valence electrons. The number of hydrogen-bond donors (Lipinski definition) is 1. The van der Waals surface area contributed by atoms with Gasteiger partial charge in [-0.25, -0.2) is 0 Å². The topological polar surface area (TPSA) is 45.2 Å². The summed E-state index contributed by atoms with van der Waals surface area (Å²) in [6, 6.07) is 10.0. The molecule has 2 aromatic heterocycles. The molecule has 0 atom stereocenters. The number of pyridine rings is 1. The maximum Gasteiger partial charge on any atom is 0.265 e. The summed E-state index contributed by atoms with van der Waals surface area (Å²) in [5.41, 5.74) is 2.06. The Kier molecular flexibility index (Phi) is 4.40. The number of amides is 1. The number of piperidine rings is 1. The van der Waals surface area contributed by atoms with E-state index >= 15 is 0 Å². The van der Waals surface area contributed by atoms with Crippen LogP contribution >= 0.6 is 11.3 Å². The molecule has 1 amide bonds. The largest absolute Gasteiger partial charge is 0.371 e. The number of hydrogen-bond acceptors (Lipinski definition) is 4. The van der Waals surface area contributed by atoms with Crippen LogP contribution in [0.3, 0.4) is 0 Å². The van der Waals surface area contributed by atoms with Gasteiger partial charge in [0, 0.05) is 46.8 Å². The molecule has 1 aliphatic heterocycles. The lowest BCUT2D eigenvalue weighted by molar-refractivity contribution is 0.103. The Hall–Kier alpha value is -2.40. The molecular weight excluding hydrogens is 330 g/mol.